The Morgan fingerprint density at radius 1 is 1.32 bits per heavy atom. The summed E-state index contributed by atoms with van der Waals surface area (Å²) in [5.74, 6) is -0.480. The number of ether oxygens (including phenoxy) is 1. The first-order valence-corrected chi connectivity index (χ1v) is 9.59. The Morgan fingerprint density at radius 2 is 1.93 bits per heavy atom. The summed E-state index contributed by atoms with van der Waals surface area (Å²) in [6.07, 6.45) is -0.270. The number of nitrogens with zero attached hydrogens (tertiary/aromatic N) is 3. The molecule has 2 atom stereocenters. The summed E-state index contributed by atoms with van der Waals surface area (Å²) in [4.78, 5) is 32.4. The topological polar surface area (TPSA) is 82.8 Å². The summed E-state index contributed by atoms with van der Waals surface area (Å²) < 4.78 is 5.56. The third-order valence-corrected chi connectivity index (χ3v) is 4.62. The highest BCUT2D eigenvalue weighted by atomic mass is 16.6. The molecular weight excluding hydrogens is 354 g/mol. The van der Waals surface area contributed by atoms with E-state index in [0.717, 1.165) is 5.56 Å². The lowest BCUT2D eigenvalue weighted by Crippen LogP contribution is -2.62. The molecule has 28 heavy (non-hydrogen) atoms. The number of nitriles is 1. The van der Waals surface area contributed by atoms with Crippen molar-refractivity contribution in [1.82, 2.24) is 4.90 Å². The molecule has 0 saturated carbocycles. The van der Waals surface area contributed by atoms with Crippen LogP contribution in [0.2, 0.25) is 0 Å². The summed E-state index contributed by atoms with van der Waals surface area (Å²) in [6, 6.07) is 11.1. The Hall–Kier alpha value is -2.68. The van der Waals surface area contributed by atoms with E-state index in [0.29, 0.717) is 5.71 Å². The molecular formula is C22H29N3O3. The number of amides is 2. The number of hydrogen-bond acceptors (Lipinski definition) is 5. The third kappa shape index (κ3) is 4.59. The van der Waals surface area contributed by atoms with Crippen molar-refractivity contribution in [1.29, 1.82) is 5.26 Å². The van der Waals surface area contributed by atoms with Crippen molar-refractivity contribution in [3.63, 3.8) is 0 Å². The second kappa shape index (κ2) is 8.14. The van der Waals surface area contributed by atoms with Crippen LogP contribution in [0.15, 0.2) is 35.3 Å². The molecule has 150 valence electrons. The summed E-state index contributed by atoms with van der Waals surface area (Å²) in [7, 11) is 0. The van der Waals surface area contributed by atoms with Gasteiger partial charge in [-0.15, -0.1) is 0 Å². The standard InChI is InChI=1S/C22H29N3O3/c1-15(2)18-17(16-11-8-7-9-12-16)24-22(6,13-10-14-23)19(26)25(18)20(27)28-21(3,4)5/h7-9,11-12,15,18H,10,13H2,1-6H3/t18-,22+/m1/s1. The van der Waals surface area contributed by atoms with E-state index in [9.17, 15) is 9.59 Å². The van der Waals surface area contributed by atoms with Gasteiger partial charge in [0.2, 0.25) is 0 Å². The Labute approximate surface area is 167 Å². The zero-order valence-corrected chi connectivity index (χ0v) is 17.5. The van der Waals surface area contributed by atoms with Gasteiger partial charge in [-0.3, -0.25) is 9.79 Å². The highest BCUT2D eigenvalue weighted by Gasteiger charge is 2.50. The minimum absolute atomic E-state index is 0.0593. The second-order valence-corrected chi connectivity index (χ2v) is 8.64. The lowest BCUT2D eigenvalue weighted by atomic mass is 9.84. The summed E-state index contributed by atoms with van der Waals surface area (Å²) in [5, 5.41) is 9.03. The van der Waals surface area contributed by atoms with Gasteiger partial charge in [-0.1, -0.05) is 44.2 Å². The molecule has 0 saturated heterocycles. The van der Waals surface area contributed by atoms with Crippen molar-refractivity contribution in [2.45, 2.75) is 71.6 Å². The van der Waals surface area contributed by atoms with Gasteiger partial charge in [-0.25, -0.2) is 9.69 Å². The summed E-state index contributed by atoms with van der Waals surface area (Å²) in [6.45, 7) is 10.9. The van der Waals surface area contributed by atoms with Crippen molar-refractivity contribution >= 4 is 17.7 Å². The van der Waals surface area contributed by atoms with Crippen LogP contribution < -0.4 is 0 Å². The average Bonchev–Trinajstić information content (AvgIpc) is 2.60. The van der Waals surface area contributed by atoms with Gasteiger partial charge in [0.05, 0.1) is 17.8 Å². The van der Waals surface area contributed by atoms with Crippen LogP contribution in [-0.2, 0) is 9.53 Å². The number of carbonyl (C=O) groups is 2. The van der Waals surface area contributed by atoms with Crippen LogP contribution in [0.1, 0.15) is 59.9 Å². The molecule has 0 aliphatic carbocycles. The van der Waals surface area contributed by atoms with E-state index >= 15 is 0 Å². The highest BCUT2D eigenvalue weighted by molar-refractivity contribution is 6.14. The van der Waals surface area contributed by atoms with Crippen LogP contribution in [0.25, 0.3) is 0 Å². The number of carbonyl (C=O) groups excluding carboxylic acids is 2. The quantitative estimate of drug-likeness (QED) is 0.774. The minimum Gasteiger partial charge on any atom is -0.443 e. The fourth-order valence-electron chi connectivity index (χ4n) is 3.32. The number of benzene rings is 1. The number of hydrogen-bond donors (Lipinski definition) is 0. The molecule has 1 aromatic carbocycles. The van der Waals surface area contributed by atoms with E-state index in [1.54, 1.807) is 27.7 Å². The maximum absolute atomic E-state index is 13.4. The normalized spacial score (nSPS) is 22.6. The molecule has 6 heteroatoms. The van der Waals surface area contributed by atoms with E-state index in [-0.39, 0.29) is 18.8 Å². The molecule has 6 nitrogen and oxygen atoms in total. The van der Waals surface area contributed by atoms with Crippen molar-refractivity contribution in [3.8, 4) is 6.07 Å². The number of aliphatic imine (C=N–C) groups is 1. The zero-order chi connectivity index (χ0) is 21.1. The summed E-state index contributed by atoms with van der Waals surface area (Å²) >= 11 is 0. The van der Waals surface area contributed by atoms with E-state index < -0.39 is 29.2 Å². The van der Waals surface area contributed by atoms with Gasteiger partial charge < -0.3 is 4.74 Å². The van der Waals surface area contributed by atoms with E-state index in [1.165, 1.54) is 4.90 Å². The predicted molar refractivity (Wildman–Crippen MR) is 108 cm³/mol. The Balaban J connectivity index is 2.64. The van der Waals surface area contributed by atoms with Gasteiger partial charge in [0, 0.05) is 6.42 Å². The Bertz CT molecular complexity index is 803. The molecule has 0 N–H and O–H groups in total. The van der Waals surface area contributed by atoms with Crippen molar-refractivity contribution < 1.29 is 14.3 Å². The molecule has 2 rings (SSSR count). The molecule has 0 bridgehead atoms. The molecule has 0 fully saturated rings. The predicted octanol–water partition coefficient (Wildman–Crippen LogP) is 4.34. The van der Waals surface area contributed by atoms with Gasteiger partial charge >= 0.3 is 6.09 Å². The van der Waals surface area contributed by atoms with Crippen LogP contribution in [0.5, 0.6) is 0 Å². The molecule has 0 aromatic heterocycles. The monoisotopic (exact) mass is 383 g/mol. The lowest BCUT2D eigenvalue weighted by molar-refractivity contribution is -0.138. The average molecular weight is 383 g/mol. The molecule has 0 radical (unpaired) electrons. The largest absolute Gasteiger partial charge is 0.443 e. The SMILES string of the molecule is CC(C)[C@@H]1C(c2ccccc2)=N[C@@](C)(CCC#N)C(=O)N1C(=O)OC(C)(C)C. The highest BCUT2D eigenvalue weighted by Crippen LogP contribution is 2.33. The van der Waals surface area contributed by atoms with Gasteiger partial charge in [0.25, 0.3) is 5.91 Å². The Kier molecular flexibility index (Phi) is 6.28. The fourth-order valence-corrected chi connectivity index (χ4v) is 3.32. The lowest BCUT2D eigenvalue weighted by Gasteiger charge is -2.43. The van der Waals surface area contributed by atoms with E-state index in [4.69, 9.17) is 15.0 Å². The van der Waals surface area contributed by atoms with E-state index in [1.807, 2.05) is 44.2 Å². The first-order valence-electron chi connectivity index (χ1n) is 9.59. The van der Waals surface area contributed by atoms with Crippen LogP contribution >= 0.6 is 0 Å². The van der Waals surface area contributed by atoms with Crippen LogP contribution in [0.3, 0.4) is 0 Å². The minimum atomic E-state index is -1.19. The number of imide groups is 1. The smallest absolute Gasteiger partial charge is 0.417 e. The maximum atomic E-state index is 13.4. The van der Waals surface area contributed by atoms with Gasteiger partial charge in [-0.2, -0.15) is 5.26 Å². The first-order chi connectivity index (χ1) is 13.0. The summed E-state index contributed by atoms with van der Waals surface area (Å²) in [5.41, 5.74) is -0.404. The van der Waals surface area contributed by atoms with Crippen LogP contribution in [-0.4, -0.2) is 39.8 Å². The molecule has 1 heterocycles. The first kappa shape index (κ1) is 21.6. The fraction of sp³-hybridized carbons (Fsp3) is 0.545. The van der Waals surface area contributed by atoms with Crippen LogP contribution in [0, 0.1) is 17.2 Å². The van der Waals surface area contributed by atoms with Crippen molar-refractivity contribution in [3.05, 3.63) is 35.9 Å². The van der Waals surface area contributed by atoms with Crippen molar-refractivity contribution in [2.24, 2.45) is 10.9 Å². The molecule has 1 aromatic rings. The number of rotatable bonds is 4. The molecule has 0 spiro atoms. The van der Waals surface area contributed by atoms with Gasteiger partial charge in [0.1, 0.15) is 11.1 Å². The van der Waals surface area contributed by atoms with Gasteiger partial charge in [0.15, 0.2) is 0 Å². The van der Waals surface area contributed by atoms with E-state index in [2.05, 4.69) is 6.07 Å². The molecule has 0 unspecified atom stereocenters. The van der Waals surface area contributed by atoms with Gasteiger partial charge in [-0.05, 0) is 45.6 Å². The Morgan fingerprint density at radius 3 is 2.43 bits per heavy atom. The third-order valence-electron chi connectivity index (χ3n) is 4.62. The second-order valence-electron chi connectivity index (χ2n) is 8.64. The van der Waals surface area contributed by atoms with Crippen LogP contribution in [0.4, 0.5) is 4.79 Å². The molecule has 1 aliphatic heterocycles. The molecule has 1 aliphatic rings. The molecule has 2 amide bonds. The van der Waals surface area contributed by atoms with Crippen molar-refractivity contribution in [2.75, 3.05) is 0 Å². The maximum Gasteiger partial charge on any atom is 0.417 e. The zero-order valence-electron chi connectivity index (χ0n) is 17.5.